The van der Waals surface area contributed by atoms with Crippen LogP contribution in [0.5, 0.6) is 28.7 Å². The van der Waals surface area contributed by atoms with Crippen molar-refractivity contribution < 1.29 is 28.8 Å². The van der Waals surface area contributed by atoms with E-state index in [9.17, 15) is 5.11 Å². The average molecular weight is 523 g/mol. The SMILES string of the molecule is CCCOc1ccc2c(c1)C(O)(c1ccc(OC)cc1OCc1ccccc1)C=C2c1ccc2c(c1)OCO2. The zero-order valence-corrected chi connectivity index (χ0v) is 22.0. The molecule has 1 aliphatic heterocycles. The highest BCUT2D eigenvalue weighted by Crippen LogP contribution is 2.50. The lowest BCUT2D eigenvalue weighted by molar-refractivity contribution is 0.131. The van der Waals surface area contributed by atoms with Gasteiger partial charge in [-0.3, -0.25) is 0 Å². The molecule has 0 fully saturated rings. The van der Waals surface area contributed by atoms with Gasteiger partial charge >= 0.3 is 0 Å². The zero-order valence-electron chi connectivity index (χ0n) is 22.0. The molecule has 2 aliphatic rings. The molecule has 0 spiro atoms. The maximum absolute atomic E-state index is 12.5. The van der Waals surface area contributed by atoms with Gasteiger partial charge in [0.05, 0.1) is 13.7 Å². The number of rotatable bonds is 9. The van der Waals surface area contributed by atoms with E-state index in [1.165, 1.54) is 0 Å². The quantitative estimate of drug-likeness (QED) is 0.272. The van der Waals surface area contributed by atoms with Gasteiger partial charge in [0.2, 0.25) is 6.79 Å². The molecule has 1 heterocycles. The first-order valence-electron chi connectivity index (χ1n) is 13.1. The molecule has 0 saturated heterocycles. The van der Waals surface area contributed by atoms with Crippen LogP contribution in [0, 0.1) is 0 Å². The standard InChI is InChI=1S/C33H30O6/c1-3-15-36-25-10-12-26-27(23-9-14-30-32(16-23)39-21-38-30)19-33(34,29(26)17-25)28-13-11-24(35-2)18-31(28)37-20-22-7-5-4-6-8-22/h4-14,16-19,34H,3,15,20-21H2,1-2H3. The van der Waals surface area contributed by atoms with Crippen LogP contribution in [0.1, 0.15) is 41.2 Å². The monoisotopic (exact) mass is 522 g/mol. The summed E-state index contributed by atoms with van der Waals surface area (Å²) >= 11 is 0. The number of aliphatic hydroxyl groups is 1. The van der Waals surface area contributed by atoms with Crippen molar-refractivity contribution >= 4 is 5.57 Å². The van der Waals surface area contributed by atoms with Gasteiger partial charge in [0.1, 0.15) is 29.5 Å². The molecule has 1 unspecified atom stereocenters. The second-order valence-electron chi connectivity index (χ2n) is 9.58. The Bertz CT molecular complexity index is 1530. The zero-order chi connectivity index (χ0) is 26.8. The summed E-state index contributed by atoms with van der Waals surface area (Å²) < 4.78 is 28.9. The van der Waals surface area contributed by atoms with E-state index >= 15 is 0 Å². The number of fused-ring (bicyclic) bond motifs is 2. The number of benzene rings is 4. The summed E-state index contributed by atoms with van der Waals surface area (Å²) in [4.78, 5) is 0. The Kier molecular flexibility index (Phi) is 6.63. The van der Waals surface area contributed by atoms with Crippen LogP contribution >= 0.6 is 0 Å². The van der Waals surface area contributed by atoms with Crippen molar-refractivity contribution in [1.29, 1.82) is 0 Å². The minimum absolute atomic E-state index is 0.199. The van der Waals surface area contributed by atoms with Gasteiger partial charge in [-0.25, -0.2) is 0 Å². The summed E-state index contributed by atoms with van der Waals surface area (Å²) in [6, 6.07) is 27.2. The van der Waals surface area contributed by atoms with Gasteiger partial charge in [0.15, 0.2) is 11.5 Å². The molecule has 1 aliphatic carbocycles. The largest absolute Gasteiger partial charge is 0.497 e. The second-order valence-corrected chi connectivity index (χ2v) is 9.58. The normalized spacial score (nSPS) is 16.9. The first-order chi connectivity index (χ1) is 19.1. The molecule has 6 rings (SSSR count). The molecule has 0 amide bonds. The van der Waals surface area contributed by atoms with E-state index in [1.54, 1.807) is 7.11 Å². The van der Waals surface area contributed by atoms with Crippen LogP contribution in [0.2, 0.25) is 0 Å². The van der Waals surface area contributed by atoms with Crippen LogP contribution in [0.25, 0.3) is 5.57 Å². The predicted octanol–water partition coefficient (Wildman–Crippen LogP) is 6.47. The summed E-state index contributed by atoms with van der Waals surface area (Å²) in [7, 11) is 1.62. The molecular formula is C33H30O6. The molecule has 1 atom stereocenters. The molecule has 6 nitrogen and oxygen atoms in total. The van der Waals surface area contributed by atoms with Crippen LogP contribution in [-0.2, 0) is 12.2 Å². The molecule has 39 heavy (non-hydrogen) atoms. The molecule has 0 saturated carbocycles. The van der Waals surface area contributed by atoms with E-state index in [0.717, 1.165) is 34.2 Å². The van der Waals surface area contributed by atoms with Gasteiger partial charge in [-0.15, -0.1) is 0 Å². The average Bonchev–Trinajstić information content (AvgIpc) is 3.57. The lowest BCUT2D eigenvalue weighted by Crippen LogP contribution is -2.24. The first kappa shape index (κ1) is 24.9. The van der Waals surface area contributed by atoms with Crippen molar-refractivity contribution in [3.8, 4) is 28.7 Å². The van der Waals surface area contributed by atoms with Crippen molar-refractivity contribution in [2.45, 2.75) is 25.6 Å². The van der Waals surface area contributed by atoms with Crippen molar-refractivity contribution in [3.05, 3.63) is 119 Å². The molecule has 198 valence electrons. The van der Waals surface area contributed by atoms with E-state index in [0.29, 0.717) is 47.5 Å². The smallest absolute Gasteiger partial charge is 0.231 e. The van der Waals surface area contributed by atoms with Crippen LogP contribution < -0.4 is 23.7 Å². The Hall–Kier alpha value is -4.42. The predicted molar refractivity (Wildman–Crippen MR) is 149 cm³/mol. The summed E-state index contributed by atoms with van der Waals surface area (Å²) in [5.41, 5.74) is 3.59. The summed E-state index contributed by atoms with van der Waals surface area (Å²) in [5.74, 6) is 3.28. The van der Waals surface area contributed by atoms with E-state index in [-0.39, 0.29) is 6.79 Å². The number of hydrogen-bond donors (Lipinski definition) is 1. The van der Waals surface area contributed by atoms with Gasteiger partial charge in [0.25, 0.3) is 0 Å². The molecule has 1 N–H and O–H groups in total. The third kappa shape index (κ3) is 4.68. The van der Waals surface area contributed by atoms with Gasteiger partial charge in [0, 0.05) is 17.2 Å². The van der Waals surface area contributed by atoms with E-state index in [1.807, 2.05) is 91.0 Å². The summed E-state index contributed by atoms with van der Waals surface area (Å²) in [6.45, 7) is 3.21. The topological polar surface area (TPSA) is 66.4 Å². The van der Waals surface area contributed by atoms with Crippen molar-refractivity contribution in [3.63, 3.8) is 0 Å². The fraction of sp³-hybridized carbons (Fsp3) is 0.212. The van der Waals surface area contributed by atoms with Gasteiger partial charge in [-0.1, -0.05) is 49.4 Å². The molecule has 0 radical (unpaired) electrons. The van der Waals surface area contributed by atoms with Gasteiger partial charge in [-0.2, -0.15) is 0 Å². The highest BCUT2D eigenvalue weighted by atomic mass is 16.7. The maximum Gasteiger partial charge on any atom is 0.231 e. The van der Waals surface area contributed by atoms with Crippen molar-refractivity contribution in [1.82, 2.24) is 0 Å². The molecule has 0 aromatic heterocycles. The van der Waals surface area contributed by atoms with Crippen LogP contribution in [0.3, 0.4) is 0 Å². The number of hydrogen-bond acceptors (Lipinski definition) is 6. The third-order valence-electron chi connectivity index (χ3n) is 7.04. The second kappa shape index (κ2) is 10.4. The molecule has 4 aromatic carbocycles. The minimum Gasteiger partial charge on any atom is -0.497 e. The molecule has 0 bridgehead atoms. The number of methoxy groups -OCH3 is 1. The fourth-order valence-electron chi connectivity index (χ4n) is 5.07. The van der Waals surface area contributed by atoms with Crippen molar-refractivity contribution in [2.24, 2.45) is 0 Å². The van der Waals surface area contributed by atoms with E-state index < -0.39 is 5.60 Å². The van der Waals surface area contributed by atoms with Crippen LogP contribution in [0.4, 0.5) is 0 Å². The third-order valence-corrected chi connectivity index (χ3v) is 7.04. The minimum atomic E-state index is -1.48. The first-order valence-corrected chi connectivity index (χ1v) is 13.1. The Morgan fingerprint density at radius 2 is 1.64 bits per heavy atom. The maximum atomic E-state index is 12.5. The molecule has 6 heteroatoms. The molecular weight excluding hydrogens is 492 g/mol. The highest BCUT2D eigenvalue weighted by Gasteiger charge is 2.41. The Labute approximate surface area is 228 Å². The highest BCUT2D eigenvalue weighted by molar-refractivity contribution is 5.89. The molecule has 4 aromatic rings. The lowest BCUT2D eigenvalue weighted by atomic mass is 9.87. The van der Waals surface area contributed by atoms with E-state index in [2.05, 4.69) is 6.92 Å². The summed E-state index contributed by atoms with van der Waals surface area (Å²) in [5, 5.41) is 12.5. The van der Waals surface area contributed by atoms with Gasteiger partial charge < -0.3 is 28.8 Å². The van der Waals surface area contributed by atoms with Crippen LogP contribution in [-0.4, -0.2) is 25.6 Å². The summed E-state index contributed by atoms with van der Waals surface area (Å²) in [6.07, 6.45) is 2.77. The van der Waals surface area contributed by atoms with E-state index in [4.69, 9.17) is 23.7 Å². The lowest BCUT2D eigenvalue weighted by Gasteiger charge is -2.26. The Morgan fingerprint density at radius 3 is 2.46 bits per heavy atom. The van der Waals surface area contributed by atoms with Crippen LogP contribution in [0.15, 0.2) is 91.0 Å². The Morgan fingerprint density at radius 1 is 0.821 bits per heavy atom. The van der Waals surface area contributed by atoms with Crippen molar-refractivity contribution in [2.75, 3.05) is 20.5 Å². The number of ether oxygens (including phenoxy) is 5. The van der Waals surface area contributed by atoms with Gasteiger partial charge in [-0.05, 0) is 71.2 Å². The fourth-order valence-corrected chi connectivity index (χ4v) is 5.07. The Balaban J connectivity index is 1.48.